The zero-order valence-corrected chi connectivity index (χ0v) is 18.0. The molecule has 1 aromatic heterocycles. The largest absolute Gasteiger partial charge is 0.465 e. The fraction of sp³-hybridized carbons (Fsp3) is 0.773. The maximum Gasteiger partial charge on any atom is 0.407 e. The summed E-state index contributed by atoms with van der Waals surface area (Å²) in [7, 11) is 0. The predicted octanol–water partition coefficient (Wildman–Crippen LogP) is 2.97. The van der Waals surface area contributed by atoms with Crippen molar-refractivity contribution in [2.24, 2.45) is 5.92 Å². The van der Waals surface area contributed by atoms with Crippen molar-refractivity contribution in [1.82, 2.24) is 24.9 Å². The van der Waals surface area contributed by atoms with Gasteiger partial charge in [-0.05, 0) is 63.4 Å². The molecule has 1 saturated carbocycles. The minimum atomic E-state index is -0.785. The maximum atomic E-state index is 12.6. The number of amides is 2. The van der Waals surface area contributed by atoms with E-state index in [0.717, 1.165) is 58.2 Å². The van der Waals surface area contributed by atoms with Gasteiger partial charge in [0.1, 0.15) is 5.69 Å². The predicted molar refractivity (Wildman–Crippen MR) is 114 cm³/mol. The van der Waals surface area contributed by atoms with Gasteiger partial charge in [-0.15, -0.1) is 0 Å². The van der Waals surface area contributed by atoms with Crippen LogP contribution < -0.4 is 5.32 Å². The first-order chi connectivity index (χ1) is 14.6. The molecule has 2 amide bonds. The van der Waals surface area contributed by atoms with Crippen LogP contribution in [0.1, 0.15) is 74.8 Å². The summed E-state index contributed by atoms with van der Waals surface area (Å²) in [6, 6.07) is 2.63. The van der Waals surface area contributed by atoms with E-state index in [0.29, 0.717) is 24.2 Å². The second-order valence-corrected chi connectivity index (χ2v) is 9.15. The summed E-state index contributed by atoms with van der Waals surface area (Å²) in [6.07, 6.45) is 9.11. The molecule has 1 aromatic rings. The lowest BCUT2D eigenvalue weighted by molar-refractivity contribution is 0.0895. The third-order valence-electron chi connectivity index (χ3n) is 7.15. The molecule has 3 aliphatic rings. The summed E-state index contributed by atoms with van der Waals surface area (Å²) >= 11 is 0. The standard InChI is InChI=1S/C22H35N5O3/c1-2-17-14-19(4-3-11-26(17)22(29)30)25-12-8-18(9-13-25)27-20(7-10-24-27)21(28)23-15-16-5-6-16/h7,10,16-19H,2-6,8-9,11-15H2,1H3,(H,23,28)(H,29,30). The van der Waals surface area contributed by atoms with E-state index in [-0.39, 0.29) is 18.0 Å². The van der Waals surface area contributed by atoms with Crippen molar-refractivity contribution < 1.29 is 14.7 Å². The van der Waals surface area contributed by atoms with Crippen LogP contribution in [-0.2, 0) is 0 Å². The number of carbonyl (C=O) groups is 2. The van der Waals surface area contributed by atoms with Gasteiger partial charge in [0.05, 0.1) is 6.04 Å². The minimum Gasteiger partial charge on any atom is -0.465 e. The second-order valence-electron chi connectivity index (χ2n) is 9.15. The van der Waals surface area contributed by atoms with Crippen molar-refractivity contribution in [2.75, 3.05) is 26.2 Å². The molecule has 2 saturated heterocycles. The molecule has 2 N–H and O–H groups in total. The number of aromatic nitrogens is 2. The molecule has 2 atom stereocenters. The SMILES string of the molecule is CCC1CC(N2CCC(n3nccc3C(=O)NCC3CC3)CC2)CCCN1C(=O)O. The summed E-state index contributed by atoms with van der Waals surface area (Å²) in [5.41, 5.74) is 0.673. The van der Waals surface area contributed by atoms with E-state index in [1.54, 1.807) is 11.1 Å². The van der Waals surface area contributed by atoms with E-state index in [2.05, 4.69) is 22.2 Å². The van der Waals surface area contributed by atoms with Gasteiger partial charge in [0.2, 0.25) is 0 Å². The molecule has 30 heavy (non-hydrogen) atoms. The number of carboxylic acid groups (broad SMARTS) is 1. The Hall–Kier alpha value is -2.09. The van der Waals surface area contributed by atoms with Crippen LogP contribution in [0.15, 0.2) is 12.3 Å². The highest BCUT2D eigenvalue weighted by atomic mass is 16.4. The number of carbonyl (C=O) groups excluding carboxylic acids is 1. The van der Waals surface area contributed by atoms with Crippen LogP contribution in [0.3, 0.4) is 0 Å². The molecule has 8 heteroatoms. The molecule has 3 fully saturated rings. The van der Waals surface area contributed by atoms with Gasteiger partial charge < -0.3 is 20.2 Å². The molecule has 8 nitrogen and oxygen atoms in total. The molecule has 0 spiro atoms. The van der Waals surface area contributed by atoms with Gasteiger partial charge in [0.25, 0.3) is 5.91 Å². The Kier molecular flexibility index (Phi) is 6.61. The van der Waals surface area contributed by atoms with Gasteiger partial charge in [-0.2, -0.15) is 5.10 Å². The monoisotopic (exact) mass is 417 g/mol. The van der Waals surface area contributed by atoms with Crippen molar-refractivity contribution >= 4 is 12.0 Å². The van der Waals surface area contributed by atoms with Gasteiger partial charge in [-0.3, -0.25) is 9.48 Å². The molecule has 1 aliphatic carbocycles. The lowest BCUT2D eigenvalue weighted by Crippen LogP contribution is -2.45. The van der Waals surface area contributed by atoms with Crippen LogP contribution in [-0.4, -0.2) is 74.9 Å². The Bertz CT molecular complexity index is 739. The summed E-state index contributed by atoms with van der Waals surface area (Å²) in [5, 5.41) is 17.0. The van der Waals surface area contributed by atoms with E-state index in [1.807, 2.05) is 10.7 Å². The van der Waals surface area contributed by atoms with E-state index >= 15 is 0 Å². The minimum absolute atomic E-state index is 0.00912. The highest BCUT2D eigenvalue weighted by molar-refractivity contribution is 5.92. The summed E-state index contributed by atoms with van der Waals surface area (Å²) in [5.74, 6) is 0.655. The number of hydrogen-bond donors (Lipinski definition) is 2. The number of likely N-dealkylation sites (tertiary alicyclic amines) is 2. The topological polar surface area (TPSA) is 90.7 Å². The van der Waals surface area contributed by atoms with Crippen molar-refractivity contribution in [3.63, 3.8) is 0 Å². The molecule has 4 rings (SSSR count). The first-order valence-corrected chi connectivity index (χ1v) is 11.6. The van der Waals surface area contributed by atoms with Gasteiger partial charge in [-0.25, -0.2) is 4.79 Å². The van der Waals surface area contributed by atoms with Crippen molar-refractivity contribution in [3.8, 4) is 0 Å². The zero-order chi connectivity index (χ0) is 21.1. The normalized spacial score (nSPS) is 26.4. The average Bonchev–Trinajstić information content (AvgIpc) is 3.50. The summed E-state index contributed by atoms with van der Waals surface area (Å²) in [6.45, 7) is 5.45. The van der Waals surface area contributed by atoms with E-state index in [4.69, 9.17) is 0 Å². The zero-order valence-electron chi connectivity index (χ0n) is 18.0. The lowest BCUT2D eigenvalue weighted by Gasteiger charge is -2.39. The second kappa shape index (κ2) is 9.37. The molecule has 166 valence electrons. The molecule has 0 aromatic carbocycles. The highest BCUT2D eigenvalue weighted by Gasteiger charge is 2.33. The Labute approximate surface area is 178 Å². The van der Waals surface area contributed by atoms with E-state index in [9.17, 15) is 14.7 Å². The number of nitrogens with zero attached hydrogens (tertiary/aromatic N) is 4. The van der Waals surface area contributed by atoms with Crippen molar-refractivity contribution in [2.45, 2.75) is 76.4 Å². The van der Waals surface area contributed by atoms with Crippen LogP contribution in [0.2, 0.25) is 0 Å². The number of hydrogen-bond acceptors (Lipinski definition) is 4. The maximum absolute atomic E-state index is 12.6. The summed E-state index contributed by atoms with van der Waals surface area (Å²) in [4.78, 5) is 28.3. The van der Waals surface area contributed by atoms with E-state index in [1.165, 1.54) is 12.8 Å². The van der Waals surface area contributed by atoms with Crippen molar-refractivity contribution in [1.29, 1.82) is 0 Å². The van der Waals surface area contributed by atoms with Crippen LogP contribution in [0.25, 0.3) is 0 Å². The average molecular weight is 418 g/mol. The molecule has 2 unspecified atom stereocenters. The molecular formula is C22H35N5O3. The van der Waals surface area contributed by atoms with Crippen LogP contribution >= 0.6 is 0 Å². The number of piperidine rings is 1. The van der Waals surface area contributed by atoms with Gasteiger partial charge in [0, 0.05) is 44.5 Å². The molecule has 2 aliphatic heterocycles. The Balaban J connectivity index is 1.33. The van der Waals surface area contributed by atoms with E-state index < -0.39 is 6.09 Å². The smallest absolute Gasteiger partial charge is 0.407 e. The fourth-order valence-corrected chi connectivity index (χ4v) is 5.14. The fourth-order valence-electron chi connectivity index (χ4n) is 5.14. The third kappa shape index (κ3) is 4.79. The Morgan fingerprint density at radius 2 is 1.90 bits per heavy atom. The molecular weight excluding hydrogens is 382 g/mol. The van der Waals surface area contributed by atoms with Gasteiger partial charge in [0.15, 0.2) is 0 Å². The van der Waals surface area contributed by atoms with Crippen molar-refractivity contribution in [3.05, 3.63) is 18.0 Å². The van der Waals surface area contributed by atoms with Gasteiger partial charge >= 0.3 is 6.09 Å². The van der Waals surface area contributed by atoms with Crippen LogP contribution in [0.4, 0.5) is 4.79 Å². The third-order valence-corrected chi connectivity index (χ3v) is 7.15. The number of rotatable bonds is 6. The Morgan fingerprint density at radius 3 is 2.57 bits per heavy atom. The Morgan fingerprint density at radius 1 is 1.13 bits per heavy atom. The summed E-state index contributed by atoms with van der Waals surface area (Å²) < 4.78 is 1.92. The molecule has 3 heterocycles. The highest BCUT2D eigenvalue weighted by Crippen LogP contribution is 2.30. The molecule has 0 bridgehead atoms. The van der Waals surface area contributed by atoms with Crippen LogP contribution in [0, 0.1) is 5.92 Å². The quantitative estimate of drug-likeness (QED) is 0.743. The molecule has 0 radical (unpaired) electrons. The van der Waals surface area contributed by atoms with Gasteiger partial charge in [-0.1, -0.05) is 6.92 Å². The first-order valence-electron chi connectivity index (χ1n) is 11.6. The lowest BCUT2D eigenvalue weighted by atomic mass is 9.97. The first kappa shape index (κ1) is 21.2. The number of nitrogens with one attached hydrogen (secondary N) is 1. The van der Waals surface area contributed by atoms with Crippen LogP contribution in [0.5, 0.6) is 0 Å².